The summed E-state index contributed by atoms with van der Waals surface area (Å²) in [6.45, 7) is 2.07. The first-order valence-corrected chi connectivity index (χ1v) is 4.02. The third kappa shape index (κ3) is 1.19. The number of thiophene rings is 1. The van der Waals surface area contributed by atoms with Crippen molar-refractivity contribution in [1.82, 2.24) is 0 Å². The molecule has 0 amide bonds. The second kappa shape index (κ2) is 2.58. The highest BCUT2D eigenvalue weighted by molar-refractivity contribution is 7.11. The third-order valence-corrected chi connectivity index (χ3v) is 2.77. The lowest BCUT2D eigenvalue weighted by molar-refractivity contribution is 1.19. The fourth-order valence-corrected chi connectivity index (χ4v) is 1.74. The zero-order valence-corrected chi connectivity index (χ0v) is 6.72. The van der Waals surface area contributed by atoms with Gasteiger partial charge in [-0.05, 0) is 6.42 Å². The topological polar surface area (TPSA) is 26.0 Å². The molecule has 2 N–H and O–H groups in total. The van der Waals surface area contributed by atoms with E-state index in [9.17, 15) is 0 Å². The van der Waals surface area contributed by atoms with Gasteiger partial charge in [-0.2, -0.15) is 0 Å². The van der Waals surface area contributed by atoms with Crippen LogP contribution in [-0.4, -0.2) is 0 Å². The van der Waals surface area contributed by atoms with Crippen molar-refractivity contribution in [3.63, 3.8) is 0 Å². The molecular weight excluding hydrogens is 154 g/mol. The predicted molar refractivity (Wildman–Crippen MR) is 43.1 cm³/mol. The zero-order valence-electron chi connectivity index (χ0n) is 5.15. The SMILES string of the molecule is CCc1scc(Cl)c1N. The van der Waals surface area contributed by atoms with E-state index < -0.39 is 0 Å². The van der Waals surface area contributed by atoms with Crippen LogP contribution >= 0.6 is 22.9 Å². The van der Waals surface area contributed by atoms with Gasteiger partial charge in [0.15, 0.2) is 0 Å². The highest BCUT2D eigenvalue weighted by Crippen LogP contribution is 2.29. The number of hydrogen-bond donors (Lipinski definition) is 1. The van der Waals surface area contributed by atoms with Gasteiger partial charge in [-0.25, -0.2) is 0 Å². The molecule has 0 radical (unpaired) electrons. The molecule has 1 heterocycles. The minimum absolute atomic E-state index is 0.692. The first kappa shape index (κ1) is 6.90. The van der Waals surface area contributed by atoms with Crippen LogP contribution in [0.3, 0.4) is 0 Å². The van der Waals surface area contributed by atoms with Crippen LogP contribution < -0.4 is 5.73 Å². The molecule has 0 aromatic carbocycles. The van der Waals surface area contributed by atoms with Crippen molar-refractivity contribution in [3.05, 3.63) is 15.3 Å². The van der Waals surface area contributed by atoms with E-state index >= 15 is 0 Å². The first-order valence-electron chi connectivity index (χ1n) is 2.77. The summed E-state index contributed by atoms with van der Waals surface area (Å²) in [4.78, 5) is 1.18. The van der Waals surface area contributed by atoms with E-state index in [0.29, 0.717) is 5.02 Å². The monoisotopic (exact) mass is 161 g/mol. The standard InChI is InChI=1S/C6H8ClNS/c1-2-5-6(8)4(7)3-9-5/h3H,2,8H2,1H3. The highest BCUT2D eigenvalue weighted by Gasteiger charge is 2.02. The van der Waals surface area contributed by atoms with E-state index in [0.717, 1.165) is 12.1 Å². The number of rotatable bonds is 1. The minimum atomic E-state index is 0.692. The maximum atomic E-state index is 5.69. The molecule has 0 fully saturated rings. The molecule has 0 unspecified atom stereocenters. The molecule has 0 aliphatic heterocycles. The first-order chi connectivity index (χ1) is 4.25. The van der Waals surface area contributed by atoms with Crippen LogP contribution in [0, 0.1) is 0 Å². The van der Waals surface area contributed by atoms with Crippen molar-refractivity contribution in [2.45, 2.75) is 13.3 Å². The van der Waals surface area contributed by atoms with Crippen LogP contribution in [0.25, 0.3) is 0 Å². The molecule has 0 aliphatic carbocycles. The summed E-state index contributed by atoms with van der Waals surface area (Å²) in [5, 5.41) is 2.56. The van der Waals surface area contributed by atoms with E-state index in [2.05, 4.69) is 6.92 Å². The summed E-state index contributed by atoms with van der Waals surface area (Å²) in [6, 6.07) is 0. The van der Waals surface area contributed by atoms with Gasteiger partial charge in [0, 0.05) is 10.3 Å². The van der Waals surface area contributed by atoms with Crippen LogP contribution in [0.5, 0.6) is 0 Å². The summed E-state index contributed by atoms with van der Waals surface area (Å²) < 4.78 is 0. The molecule has 0 atom stereocenters. The Bertz CT molecular complexity index is 207. The molecule has 1 aromatic heterocycles. The number of anilines is 1. The van der Waals surface area contributed by atoms with Crippen molar-refractivity contribution in [3.8, 4) is 0 Å². The third-order valence-electron chi connectivity index (χ3n) is 1.18. The maximum absolute atomic E-state index is 5.69. The number of nitrogens with two attached hydrogens (primary N) is 1. The largest absolute Gasteiger partial charge is 0.397 e. The predicted octanol–water partition coefficient (Wildman–Crippen LogP) is 2.55. The van der Waals surface area contributed by atoms with E-state index in [4.69, 9.17) is 17.3 Å². The number of aryl methyl sites for hydroxylation is 1. The van der Waals surface area contributed by atoms with Crippen molar-refractivity contribution in [1.29, 1.82) is 0 Å². The van der Waals surface area contributed by atoms with Gasteiger partial charge in [-0.15, -0.1) is 11.3 Å². The van der Waals surface area contributed by atoms with Gasteiger partial charge in [0.25, 0.3) is 0 Å². The number of halogens is 1. The van der Waals surface area contributed by atoms with Crippen molar-refractivity contribution < 1.29 is 0 Å². The molecule has 9 heavy (non-hydrogen) atoms. The molecule has 0 aliphatic rings. The lowest BCUT2D eigenvalue weighted by atomic mass is 10.3. The quantitative estimate of drug-likeness (QED) is 0.673. The Balaban J connectivity index is 3.04. The fourth-order valence-electron chi connectivity index (χ4n) is 0.657. The van der Waals surface area contributed by atoms with Crippen LogP contribution in [-0.2, 0) is 6.42 Å². The van der Waals surface area contributed by atoms with Gasteiger partial charge in [0.2, 0.25) is 0 Å². The average molecular weight is 162 g/mol. The summed E-state index contributed by atoms with van der Waals surface area (Å²) >= 11 is 7.31. The van der Waals surface area contributed by atoms with Crippen LogP contribution in [0.1, 0.15) is 11.8 Å². The van der Waals surface area contributed by atoms with Gasteiger partial charge < -0.3 is 5.73 Å². The lowest BCUT2D eigenvalue weighted by Gasteiger charge is -1.90. The summed E-state index contributed by atoms with van der Waals surface area (Å²) in [5.74, 6) is 0. The lowest BCUT2D eigenvalue weighted by Crippen LogP contribution is -1.85. The summed E-state index contributed by atoms with van der Waals surface area (Å²) in [6.07, 6.45) is 0.975. The summed E-state index contributed by atoms with van der Waals surface area (Å²) in [5.41, 5.74) is 6.35. The molecule has 1 aromatic rings. The molecular formula is C6H8ClNS. The second-order valence-electron chi connectivity index (χ2n) is 1.77. The molecule has 0 bridgehead atoms. The second-order valence-corrected chi connectivity index (χ2v) is 3.15. The van der Waals surface area contributed by atoms with Crippen molar-refractivity contribution in [2.75, 3.05) is 5.73 Å². The Kier molecular flexibility index (Phi) is 1.98. The fraction of sp³-hybridized carbons (Fsp3) is 0.333. The smallest absolute Gasteiger partial charge is 0.0745 e. The Labute approximate surface area is 63.4 Å². The molecule has 3 heteroatoms. The zero-order chi connectivity index (χ0) is 6.85. The number of nitrogen functional groups attached to an aromatic ring is 1. The van der Waals surface area contributed by atoms with Crippen LogP contribution in [0.15, 0.2) is 5.38 Å². The number of hydrogen-bond acceptors (Lipinski definition) is 2. The molecule has 50 valence electrons. The van der Waals surface area contributed by atoms with Crippen molar-refractivity contribution in [2.24, 2.45) is 0 Å². The van der Waals surface area contributed by atoms with E-state index in [1.54, 1.807) is 11.3 Å². The van der Waals surface area contributed by atoms with E-state index in [1.807, 2.05) is 5.38 Å². The van der Waals surface area contributed by atoms with Gasteiger partial charge in [0.05, 0.1) is 10.7 Å². The maximum Gasteiger partial charge on any atom is 0.0745 e. The van der Waals surface area contributed by atoms with Crippen molar-refractivity contribution >= 4 is 28.6 Å². The van der Waals surface area contributed by atoms with E-state index in [-0.39, 0.29) is 0 Å². The highest BCUT2D eigenvalue weighted by atomic mass is 35.5. The average Bonchev–Trinajstić information content (AvgIpc) is 2.15. The van der Waals surface area contributed by atoms with Gasteiger partial charge in [-0.1, -0.05) is 18.5 Å². The Morgan fingerprint density at radius 1 is 1.78 bits per heavy atom. The normalized spacial score (nSPS) is 10.0. The van der Waals surface area contributed by atoms with Gasteiger partial charge >= 0.3 is 0 Å². The van der Waals surface area contributed by atoms with Crippen LogP contribution in [0.4, 0.5) is 5.69 Å². The summed E-state index contributed by atoms with van der Waals surface area (Å²) in [7, 11) is 0. The van der Waals surface area contributed by atoms with Gasteiger partial charge in [0.1, 0.15) is 0 Å². The Hall–Kier alpha value is -0.210. The van der Waals surface area contributed by atoms with E-state index in [1.165, 1.54) is 4.88 Å². The molecule has 0 saturated carbocycles. The molecule has 0 saturated heterocycles. The Morgan fingerprint density at radius 2 is 2.44 bits per heavy atom. The van der Waals surface area contributed by atoms with Gasteiger partial charge in [-0.3, -0.25) is 0 Å². The Morgan fingerprint density at radius 3 is 2.67 bits per heavy atom. The molecule has 0 spiro atoms. The van der Waals surface area contributed by atoms with Crippen LogP contribution in [0.2, 0.25) is 5.02 Å². The molecule has 1 rings (SSSR count). The molecule has 1 nitrogen and oxygen atoms in total. The minimum Gasteiger partial charge on any atom is -0.397 e.